The Hall–Kier alpha value is -2.14. The van der Waals surface area contributed by atoms with E-state index in [0.29, 0.717) is 12.5 Å². The highest BCUT2D eigenvalue weighted by atomic mass is 16.3. The third kappa shape index (κ3) is 3.05. The summed E-state index contributed by atoms with van der Waals surface area (Å²) in [6.07, 6.45) is 3.32. The molecular formula is C15H17N3O2. The maximum atomic E-state index is 10.1. The van der Waals surface area contributed by atoms with Crippen molar-refractivity contribution in [2.45, 2.75) is 24.9 Å². The van der Waals surface area contributed by atoms with Gasteiger partial charge in [-0.2, -0.15) is 0 Å². The van der Waals surface area contributed by atoms with Gasteiger partial charge in [0.15, 0.2) is 0 Å². The van der Waals surface area contributed by atoms with Crippen molar-refractivity contribution < 1.29 is 10.2 Å². The topological polar surface area (TPSA) is 78.3 Å². The summed E-state index contributed by atoms with van der Waals surface area (Å²) in [6.45, 7) is 0.367. The second-order valence-corrected chi connectivity index (χ2v) is 5.09. The molecule has 5 heteroatoms. The molecule has 2 aromatic rings. The minimum absolute atomic E-state index is 0.193. The molecule has 1 saturated carbocycles. The van der Waals surface area contributed by atoms with Crippen LogP contribution >= 0.6 is 0 Å². The highest BCUT2D eigenvalue weighted by Crippen LogP contribution is 2.39. The van der Waals surface area contributed by atoms with Crippen LogP contribution in [-0.2, 0) is 0 Å². The quantitative estimate of drug-likeness (QED) is 0.777. The van der Waals surface area contributed by atoms with Gasteiger partial charge in [-0.25, -0.2) is 9.97 Å². The predicted octanol–water partition coefficient (Wildman–Crippen LogP) is 2.21. The van der Waals surface area contributed by atoms with Crippen LogP contribution in [0.4, 0.5) is 5.82 Å². The second-order valence-electron chi connectivity index (χ2n) is 5.09. The molecule has 1 aromatic heterocycles. The number of aromatic hydroxyl groups is 1. The Kier molecular flexibility index (Phi) is 3.52. The van der Waals surface area contributed by atoms with Crippen LogP contribution in [0.3, 0.4) is 0 Å². The lowest BCUT2D eigenvalue weighted by Gasteiger charge is -2.13. The van der Waals surface area contributed by atoms with Gasteiger partial charge in [-0.15, -0.1) is 0 Å². The number of benzene rings is 1. The third-order valence-electron chi connectivity index (χ3n) is 3.44. The van der Waals surface area contributed by atoms with E-state index in [-0.39, 0.29) is 5.75 Å². The van der Waals surface area contributed by atoms with Gasteiger partial charge in [0.05, 0.1) is 6.10 Å². The smallest absolute Gasteiger partial charge is 0.129 e. The fourth-order valence-electron chi connectivity index (χ4n) is 2.09. The molecule has 1 aliphatic rings. The van der Waals surface area contributed by atoms with E-state index in [1.807, 2.05) is 6.07 Å². The van der Waals surface area contributed by atoms with Gasteiger partial charge < -0.3 is 15.5 Å². The van der Waals surface area contributed by atoms with Crippen LogP contribution in [-0.4, -0.2) is 26.7 Å². The standard InChI is InChI=1S/C15H17N3O2/c19-12-5-3-11(4-6-12)14(20)8-16-15-7-13(10-1-2-10)17-9-18-15/h3-7,9-10,14,19-20H,1-2,8H2,(H,16,17,18)/t14-/m0/s1. The number of aliphatic hydroxyl groups excluding tert-OH is 1. The molecule has 0 aliphatic heterocycles. The largest absolute Gasteiger partial charge is 0.508 e. The summed E-state index contributed by atoms with van der Waals surface area (Å²) < 4.78 is 0. The Morgan fingerprint density at radius 1 is 1.20 bits per heavy atom. The summed E-state index contributed by atoms with van der Waals surface area (Å²) in [5.74, 6) is 1.51. The molecule has 0 bridgehead atoms. The molecule has 0 unspecified atom stereocenters. The summed E-state index contributed by atoms with van der Waals surface area (Å²) in [4.78, 5) is 8.41. The number of nitrogens with one attached hydrogen (secondary N) is 1. The molecule has 0 amide bonds. The van der Waals surface area contributed by atoms with Gasteiger partial charge in [0, 0.05) is 24.2 Å². The van der Waals surface area contributed by atoms with E-state index in [0.717, 1.165) is 17.1 Å². The van der Waals surface area contributed by atoms with Gasteiger partial charge in [0.25, 0.3) is 0 Å². The van der Waals surface area contributed by atoms with Gasteiger partial charge in [0.1, 0.15) is 17.9 Å². The third-order valence-corrected chi connectivity index (χ3v) is 3.44. The molecule has 20 heavy (non-hydrogen) atoms. The predicted molar refractivity (Wildman–Crippen MR) is 75.6 cm³/mol. The number of anilines is 1. The zero-order chi connectivity index (χ0) is 13.9. The summed E-state index contributed by atoms with van der Waals surface area (Å²) in [5.41, 5.74) is 1.83. The zero-order valence-corrected chi connectivity index (χ0v) is 11.0. The van der Waals surface area contributed by atoms with E-state index in [4.69, 9.17) is 0 Å². The maximum absolute atomic E-state index is 10.1. The number of rotatable bonds is 5. The number of aromatic nitrogens is 2. The SMILES string of the molecule is Oc1ccc([C@@H](O)CNc2cc(C3CC3)ncn2)cc1. The molecule has 1 heterocycles. The van der Waals surface area contributed by atoms with E-state index in [1.54, 1.807) is 30.6 Å². The fourth-order valence-corrected chi connectivity index (χ4v) is 2.09. The van der Waals surface area contributed by atoms with Crippen LogP contribution in [0.15, 0.2) is 36.7 Å². The van der Waals surface area contributed by atoms with Crippen LogP contribution in [0, 0.1) is 0 Å². The number of hydrogen-bond acceptors (Lipinski definition) is 5. The highest BCUT2D eigenvalue weighted by molar-refractivity contribution is 5.37. The monoisotopic (exact) mass is 271 g/mol. The molecule has 1 fully saturated rings. The molecular weight excluding hydrogens is 254 g/mol. The molecule has 0 radical (unpaired) electrons. The Morgan fingerprint density at radius 2 is 1.95 bits per heavy atom. The van der Waals surface area contributed by atoms with Gasteiger partial charge in [-0.3, -0.25) is 0 Å². The first kappa shape index (κ1) is 12.9. The molecule has 104 valence electrons. The Balaban J connectivity index is 1.61. The number of phenolic OH excluding ortho intramolecular Hbond substituents is 1. The van der Waals surface area contributed by atoms with Crippen molar-refractivity contribution in [1.29, 1.82) is 0 Å². The van der Waals surface area contributed by atoms with Gasteiger partial charge in [-0.1, -0.05) is 12.1 Å². The van der Waals surface area contributed by atoms with Crippen molar-refractivity contribution in [3.63, 3.8) is 0 Å². The van der Waals surface area contributed by atoms with Crippen LogP contribution in [0.5, 0.6) is 5.75 Å². The normalized spacial score (nSPS) is 15.8. The molecule has 0 spiro atoms. The van der Waals surface area contributed by atoms with Crippen LogP contribution in [0.25, 0.3) is 0 Å². The average molecular weight is 271 g/mol. The molecule has 1 aromatic carbocycles. The van der Waals surface area contributed by atoms with Crippen molar-refractivity contribution in [3.8, 4) is 5.75 Å². The number of phenols is 1. The van der Waals surface area contributed by atoms with Crippen molar-refractivity contribution in [2.24, 2.45) is 0 Å². The van der Waals surface area contributed by atoms with E-state index >= 15 is 0 Å². The first-order chi connectivity index (χ1) is 9.72. The first-order valence-corrected chi connectivity index (χ1v) is 6.75. The van der Waals surface area contributed by atoms with Crippen molar-refractivity contribution in [2.75, 3.05) is 11.9 Å². The molecule has 0 saturated heterocycles. The van der Waals surface area contributed by atoms with E-state index < -0.39 is 6.10 Å². The minimum Gasteiger partial charge on any atom is -0.508 e. The molecule has 3 N–H and O–H groups in total. The molecule has 5 nitrogen and oxygen atoms in total. The number of nitrogens with zero attached hydrogens (tertiary/aromatic N) is 2. The summed E-state index contributed by atoms with van der Waals surface area (Å²) in [7, 11) is 0. The minimum atomic E-state index is -0.644. The van der Waals surface area contributed by atoms with Crippen LogP contribution < -0.4 is 5.32 Å². The second kappa shape index (κ2) is 5.46. The zero-order valence-electron chi connectivity index (χ0n) is 11.0. The lowest BCUT2D eigenvalue weighted by atomic mass is 10.1. The van der Waals surface area contributed by atoms with Crippen molar-refractivity contribution >= 4 is 5.82 Å². The van der Waals surface area contributed by atoms with Gasteiger partial charge >= 0.3 is 0 Å². The van der Waals surface area contributed by atoms with Crippen LogP contribution in [0.2, 0.25) is 0 Å². The van der Waals surface area contributed by atoms with E-state index in [2.05, 4.69) is 15.3 Å². The van der Waals surface area contributed by atoms with Gasteiger partial charge in [-0.05, 0) is 30.5 Å². The van der Waals surface area contributed by atoms with Crippen molar-refractivity contribution in [1.82, 2.24) is 9.97 Å². The Labute approximate surface area is 117 Å². The summed E-state index contributed by atoms with van der Waals surface area (Å²) >= 11 is 0. The maximum Gasteiger partial charge on any atom is 0.129 e. The number of aliphatic hydroxyl groups is 1. The Morgan fingerprint density at radius 3 is 2.65 bits per heavy atom. The summed E-state index contributed by atoms with van der Waals surface area (Å²) in [5, 5.41) is 22.4. The highest BCUT2D eigenvalue weighted by Gasteiger charge is 2.25. The molecule has 1 aliphatic carbocycles. The molecule has 3 rings (SSSR count). The average Bonchev–Trinajstić information content (AvgIpc) is 3.30. The lowest BCUT2D eigenvalue weighted by Crippen LogP contribution is -2.13. The summed E-state index contributed by atoms with van der Waals surface area (Å²) in [6, 6.07) is 8.48. The van der Waals surface area contributed by atoms with E-state index in [1.165, 1.54) is 12.8 Å². The first-order valence-electron chi connectivity index (χ1n) is 6.75. The lowest BCUT2D eigenvalue weighted by molar-refractivity contribution is 0.191. The van der Waals surface area contributed by atoms with Crippen LogP contribution in [0.1, 0.15) is 36.1 Å². The number of hydrogen-bond donors (Lipinski definition) is 3. The van der Waals surface area contributed by atoms with Gasteiger partial charge in [0.2, 0.25) is 0 Å². The van der Waals surface area contributed by atoms with E-state index in [9.17, 15) is 10.2 Å². The Bertz CT molecular complexity index is 582. The molecule has 1 atom stereocenters. The van der Waals surface area contributed by atoms with Crippen molar-refractivity contribution in [3.05, 3.63) is 47.9 Å². The fraction of sp³-hybridized carbons (Fsp3) is 0.333.